The second-order valence-electron chi connectivity index (χ2n) is 16.7. The quantitative estimate of drug-likeness (QED) is 0.0450. The second kappa shape index (κ2) is 36.5. The first-order valence-corrected chi connectivity index (χ1v) is 24.8. The van der Waals surface area contributed by atoms with Crippen molar-refractivity contribution >= 4 is 24.5 Å². The van der Waals surface area contributed by atoms with Crippen LogP contribution in [-0.2, 0) is 41.4 Å². The molecule has 0 spiro atoms. The van der Waals surface area contributed by atoms with Gasteiger partial charge in [-0.1, -0.05) is 60.8 Å². The van der Waals surface area contributed by atoms with Crippen LogP contribution in [0.25, 0.3) is 0 Å². The monoisotopic (exact) mass is 909 g/mol. The summed E-state index contributed by atoms with van der Waals surface area (Å²) in [5.41, 5.74) is 2.48. The Kier molecular flexibility index (Phi) is 32.2. The number of aliphatic hydroxyl groups excluding tert-OH is 1. The Morgan fingerprint density at radius 2 is 1.19 bits per heavy atom. The van der Waals surface area contributed by atoms with Gasteiger partial charge >= 0.3 is 5.97 Å². The van der Waals surface area contributed by atoms with E-state index >= 15 is 0 Å². The minimum absolute atomic E-state index is 0.0611. The predicted molar refractivity (Wildman–Crippen MR) is 262 cm³/mol. The summed E-state index contributed by atoms with van der Waals surface area (Å²) in [4.78, 5) is 34.4. The van der Waals surface area contributed by atoms with Crippen molar-refractivity contribution in [2.24, 2.45) is 23.7 Å². The van der Waals surface area contributed by atoms with Crippen molar-refractivity contribution in [2.75, 3.05) is 26.4 Å². The normalized spacial score (nSPS) is 22.0. The number of carbonyl (C=O) groups excluding carboxylic acids is 2. The van der Waals surface area contributed by atoms with Gasteiger partial charge in [0.1, 0.15) is 6.29 Å². The molecule has 4 N–H and O–H groups in total. The number of esters is 1. The molecular formula is C52H84N4O7S. The van der Waals surface area contributed by atoms with Crippen LogP contribution in [0.2, 0.25) is 0 Å². The average Bonchev–Trinajstić information content (AvgIpc) is 3.98. The molecule has 0 amide bonds. The number of aliphatic hydroxyl groups is 1. The SMILES string of the molecule is C1=CC(Cc2cnc[nH]2)CCC1.CCOC(=O)CC1C=CCCC1.CCOC(C)(OCC)OCC.O=CCC1C=CCCC1.OC1C=CCCC1.S=c1[nH]cc(CC2C=CCCC2)[nH]1. The largest absolute Gasteiger partial charge is 0.466 e. The molecule has 5 aliphatic rings. The van der Waals surface area contributed by atoms with Crippen molar-refractivity contribution in [3.63, 3.8) is 0 Å². The van der Waals surface area contributed by atoms with E-state index in [9.17, 15) is 9.59 Å². The van der Waals surface area contributed by atoms with E-state index < -0.39 is 5.97 Å². The molecule has 2 heterocycles. The van der Waals surface area contributed by atoms with E-state index in [2.05, 4.69) is 68.5 Å². The van der Waals surface area contributed by atoms with Crippen LogP contribution in [0.4, 0.5) is 0 Å². The lowest BCUT2D eigenvalue weighted by atomic mass is 9.92. The van der Waals surface area contributed by atoms with E-state index in [-0.39, 0.29) is 12.1 Å². The summed E-state index contributed by atoms with van der Waals surface area (Å²) in [6, 6.07) is 0. The smallest absolute Gasteiger partial charge is 0.306 e. The standard InChI is InChI=1S/C10H14N2S.C10H14N2.C10H16O2.C8H18O3.C8H12O.C6H10O/c13-10-11-7-9(12-10)6-8-4-2-1-3-5-8;1-2-4-9(5-3-1)6-10-7-11-8-12-10;1-2-12-10(11)8-9-6-4-3-5-7-9;1-5-9-8(4,10-6-2)11-7-3;9-7-6-8-4-2-1-3-5-8;7-6-4-2-1-3-5-6/h2,4,7-8H,1,3,5-6H2,(H2,11,12,13);2,4,7-9H,1,3,5-6H2,(H,11,12);4,6,9H,2-3,5,7-8H2,1H3;5-7H2,1-4H3;2,4,7-8H,1,3,5-6H2;2,4,6-7H,1,3,5H2. The van der Waals surface area contributed by atoms with Crippen molar-refractivity contribution in [1.29, 1.82) is 0 Å². The van der Waals surface area contributed by atoms with Crippen LogP contribution in [0, 0.1) is 28.4 Å². The van der Waals surface area contributed by atoms with Crippen LogP contribution >= 0.6 is 12.2 Å². The van der Waals surface area contributed by atoms with Crippen molar-refractivity contribution in [1.82, 2.24) is 19.9 Å². The summed E-state index contributed by atoms with van der Waals surface area (Å²) in [6.45, 7) is 11.6. The third-order valence-electron chi connectivity index (χ3n) is 11.2. The van der Waals surface area contributed by atoms with Crippen LogP contribution in [0.1, 0.15) is 155 Å². The van der Waals surface area contributed by atoms with E-state index in [1.807, 2.05) is 52.2 Å². The summed E-state index contributed by atoms with van der Waals surface area (Å²) in [7, 11) is 0. The zero-order valence-electron chi connectivity index (χ0n) is 40.0. The minimum atomic E-state index is -0.849. The fourth-order valence-corrected chi connectivity index (χ4v) is 8.13. The number of carbonyl (C=O) groups is 2. The van der Waals surface area contributed by atoms with Crippen LogP contribution in [0.3, 0.4) is 0 Å². The highest BCUT2D eigenvalue weighted by Crippen LogP contribution is 2.23. The summed E-state index contributed by atoms with van der Waals surface area (Å²) in [5, 5.41) is 8.82. The number of nitrogens with zero attached hydrogens (tertiary/aromatic N) is 1. The molecule has 0 aromatic carbocycles. The van der Waals surface area contributed by atoms with Crippen molar-refractivity contribution in [3.8, 4) is 0 Å². The van der Waals surface area contributed by atoms with Gasteiger partial charge in [-0.05, 0) is 173 Å². The molecule has 0 bridgehead atoms. The number of aldehydes is 1. The van der Waals surface area contributed by atoms with Gasteiger partial charge in [-0.15, -0.1) is 0 Å². The zero-order chi connectivity index (χ0) is 46.5. The fourth-order valence-electron chi connectivity index (χ4n) is 7.94. The number of imidazole rings is 2. The van der Waals surface area contributed by atoms with Gasteiger partial charge in [0.05, 0.1) is 25.5 Å². The third kappa shape index (κ3) is 28.3. The van der Waals surface area contributed by atoms with E-state index in [0.717, 1.165) is 61.9 Å². The lowest BCUT2D eigenvalue weighted by molar-refractivity contribution is -0.365. The Bertz CT molecular complexity index is 1650. The molecule has 12 heteroatoms. The molecule has 2 aromatic rings. The molecule has 0 fully saturated rings. The first kappa shape index (κ1) is 56.4. The number of ether oxygens (including phenoxy) is 4. The highest BCUT2D eigenvalue weighted by molar-refractivity contribution is 7.71. The Balaban J connectivity index is 0.000000267. The van der Waals surface area contributed by atoms with Gasteiger partial charge in [-0.2, -0.15) is 0 Å². The zero-order valence-corrected chi connectivity index (χ0v) is 40.8. The Morgan fingerprint density at radius 1 is 0.703 bits per heavy atom. The van der Waals surface area contributed by atoms with Crippen molar-refractivity contribution in [2.45, 2.75) is 169 Å². The summed E-state index contributed by atoms with van der Waals surface area (Å²) in [5.74, 6) is 1.51. The number of aromatic amines is 3. The first-order valence-electron chi connectivity index (χ1n) is 24.4. The van der Waals surface area contributed by atoms with E-state index in [0.29, 0.717) is 50.6 Å². The molecule has 7 rings (SSSR count). The Hall–Kier alpha value is -3.68. The Morgan fingerprint density at radius 3 is 1.55 bits per heavy atom. The average molecular weight is 909 g/mol. The summed E-state index contributed by atoms with van der Waals surface area (Å²) in [6.07, 6.45) is 50.0. The van der Waals surface area contributed by atoms with Crippen molar-refractivity contribution < 1.29 is 33.6 Å². The number of hydrogen-bond acceptors (Lipinski definition) is 9. The predicted octanol–water partition coefficient (Wildman–Crippen LogP) is 12.4. The molecule has 5 aliphatic carbocycles. The summed E-state index contributed by atoms with van der Waals surface area (Å²) < 4.78 is 21.4. The number of H-pyrrole nitrogens is 3. The summed E-state index contributed by atoms with van der Waals surface area (Å²) >= 11 is 4.97. The maximum Gasteiger partial charge on any atom is 0.306 e. The maximum absolute atomic E-state index is 11.1. The van der Waals surface area contributed by atoms with E-state index in [4.69, 9.17) is 36.3 Å². The highest BCUT2D eigenvalue weighted by Gasteiger charge is 2.24. The van der Waals surface area contributed by atoms with Gasteiger partial charge in [0, 0.05) is 56.9 Å². The lowest BCUT2D eigenvalue weighted by Gasteiger charge is -2.27. The highest BCUT2D eigenvalue weighted by atomic mass is 32.1. The molecule has 64 heavy (non-hydrogen) atoms. The third-order valence-corrected chi connectivity index (χ3v) is 11.4. The van der Waals surface area contributed by atoms with E-state index in [1.54, 1.807) is 13.3 Å². The number of rotatable bonds is 15. The van der Waals surface area contributed by atoms with Crippen molar-refractivity contribution in [3.05, 3.63) is 95.6 Å². The minimum Gasteiger partial charge on any atom is -0.466 e. The number of allylic oxidation sites excluding steroid dienone is 9. The van der Waals surface area contributed by atoms with Gasteiger partial charge in [0.2, 0.25) is 0 Å². The maximum atomic E-state index is 11.1. The number of hydrogen-bond donors (Lipinski definition) is 4. The molecule has 2 aromatic heterocycles. The molecule has 0 saturated carbocycles. The van der Waals surface area contributed by atoms with Crippen LogP contribution in [-0.4, -0.2) is 75.8 Å². The molecular weight excluding hydrogens is 825 g/mol. The number of nitrogens with one attached hydrogen (secondary N) is 3. The first-order chi connectivity index (χ1) is 31.1. The Labute approximate surface area is 391 Å². The molecule has 5 unspecified atom stereocenters. The van der Waals surface area contributed by atoms with Gasteiger partial charge in [0.15, 0.2) is 4.77 Å². The second-order valence-corrected chi connectivity index (χ2v) is 17.1. The topological polar surface area (TPSA) is 152 Å². The number of aromatic nitrogens is 4. The van der Waals surface area contributed by atoms with Crippen LogP contribution in [0.15, 0.2) is 79.5 Å². The fraction of sp³-hybridized carbons (Fsp3) is 0.654. The molecule has 11 nitrogen and oxygen atoms in total. The molecule has 0 saturated heterocycles. The van der Waals surface area contributed by atoms with Gasteiger partial charge in [0.25, 0.3) is 5.97 Å². The van der Waals surface area contributed by atoms with Gasteiger partial charge < -0.3 is 43.8 Å². The molecule has 5 atom stereocenters. The molecule has 0 radical (unpaired) electrons. The van der Waals surface area contributed by atoms with Gasteiger partial charge in [-0.3, -0.25) is 4.79 Å². The molecule has 0 aliphatic heterocycles. The molecule has 360 valence electrons. The van der Waals surface area contributed by atoms with Crippen LogP contribution in [0.5, 0.6) is 0 Å². The lowest BCUT2D eigenvalue weighted by Crippen LogP contribution is -2.35. The van der Waals surface area contributed by atoms with Gasteiger partial charge in [-0.25, -0.2) is 4.98 Å². The van der Waals surface area contributed by atoms with E-state index in [1.165, 1.54) is 82.0 Å². The van der Waals surface area contributed by atoms with Crippen LogP contribution < -0.4 is 0 Å².